The molecule has 0 aliphatic rings. The highest BCUT2D eigenvalue weighted by atomic mass is 32.2. The molecule has 3 aromatic rings. The molecule has 2 heterocycles. The molecular weight excluding hydrogens is 410 g/mol. The maximum atomic E-state index is 12.5. The van der Waals surface area contributed by atoms with E-state index in [0.717, 1.165) is 11.3 Å². The van der Waals surface area contributed by atoms with Crippen molar-refractivity contribution >= 4 is 42.2 Å². The summed E-state index contributed by atoms with van der Waals surface area (Å²) in [5.41, 5.74) is 0.628. The van der Waals surface area contributed by atoms with Gasteiger partial charge in [0.25, 0.3) is 20.0 Å². The highest BCUT2D eigenvalue weighted by molar-refractivity contribution is 7.93. The van der Waals surface area contributed by atoms with Crippen molar-refractivity contribution in [2.75, 3.05) is 9.44 Å². The largest absolute Gasteiger partial charge is 0.280 e. The third-order valence-corrected chi connectivity index (χ3v) is 7.24. The molecule has 0 saturated carbocycles. The lowest BCUT2D eigenvalue weighted by Gasteiger charge is -2.09. The summed E-state index contributed by atoms with van der Waals surface area (Å²) in [7, 11) is -7.62. The first-order valence-corrected chi connectivity index (χ1v) is 11.6. The van der Waals surface area contributed by atoms with Crippen LogP contribution in [0, 0.1) is 6.92 Å². The van der Waals surface area contributed by atoms with Crippen LogP contribution in [0.25, 0.3) is 0 Å². The van der Waals surface area contributed by atoms with Crippen molar-refractivity contribution in [2.24, 2.45) is 0 Å². The first-order valence-electron chi connectivity index (χ1n) is 7.80. The van der Waals surface area contributed by atoms with E-state index in [9.17, 15) is 16.8 Å². The molecule has 0 saturated heterocycles. The Morgan fingerprint density at radius 3 is 2.33 bits per heavy atom. The van der Waals surface area contributed by atoms with E-state index < -0.39 is 20.0 Å². The minimum absolute atomic E-state index is 0.00405. The van der Waals surface area contributed by atoms with Crippen LogP contribution in [0.15, 0.2) is 51.8 Å². The molecule has 3 rings (SSSR count). The molecule has 2 N–H and O–H groups in total. The number of nitrogens with zero attached hydrogens (tertiary/aromatic N) is 3. The van der Waals surface area contributed by atoms with Gasteiger partial charge in [-0.25, -0.2) is 21.8 Å². The average Bonchev–Trinajstić information content (AvgIpc) is 3.24. The summed E-state index contributed by atoms with van der Waals surface area (Å²) in [6.07, 6.45) is 2.94. The Labute approximate surface area is 161 Å². The zero-order valence-corrected chi connectivity index (χ0v) is 16.9. The molecule has 12 heteroatoms. The van der Waals surface area contributed by atoms with Gasteiger partial charge in [-0.1, -0.05) is 0 Å². The van der Waals surface area contributed by atoms with Gasteiger partial charge in [0.2, 0.25) is 0 Å². The molecular formula is C15H17N5O4S3. The average molecular weight is 428 g/mol. The number of nitrogens with one attached hydrogen (secondary N) is 2. The van der Waals surface area contributed by atoms with Crippen LogP contribution in [-0.2, 0) is 26.6 Å². The SMILES string of the molecule is CCn1cc(S(=O)(=O)Nc2ccc(S(=O)(=O)Nc3nccs3)cc2)c(C)n1. The van der Waals surface area contributed by atoms with Crippen LogP contribution < -0.4 is 9.44 Å². The first kappa shape index (κ1) is 19.3. The van der Waals surface area contributed by atoms with Crippen LogP contribution in [0.2, 0.25) is 0 Å². The van der Waals surface area contributed by atoms with Gasteiger partial charge < -0.3 is 0 Å². The number of sulfonamides is 2. The minimum atomic E-state index is -3.83. The van der Waals surface area contributed by atoms with E-state index in [1.54, 1.807) is 12.3 Å². The van der Waals surface area contributed by atoms with E-state index in [1.807, 2.05) is 6.92 Å². The monoisotopic (exact) mass is 427 g/mol. The van der Waals surface area contributed by atoms with Crippen LogP contribution in [0.3, 0.4) is 0 Å². The molecule has 0 atom stereocenters. The lowest BCUT2D eigenvalue weighted by molar-refractivity contribution is 0.599. The second-order valence-electron chi connectivity index (χ2n) is 5.51. The predicted molar refractivity (Wildman–Crippen MR) is 103 cm³/mol. The third-order valence-electron chi connectivity index (χ3n) is 3.59. The smallest absolute Gasteiger partial charge is 0.265 e. The molecule has 0 spiro atoms. The van der Waals surface area contributed by atoms with Crippen LogP contribution in [0.1, 0.15) is 12.6 Å². The fraction of sp³-hybridized carbons (Fsp3) is 0.200. The van der Waals surface area contributed by atoms with Crippen molar-refractivity contribution in [3.8, 4) is 0 Å². The lowest BCUT2D eigenvalue weighted by Crippen LogP contribution is -2.15. The van der Waals surface area contributed by atoms with Gasteiger partial charge >= 0.3 is 0 Å². The number of anilines is 2. The van der Waals surface area contributed by atoms with E-state index in [-0.39, 0.29) is 20.6 Å². The molecule has 27 heavy (non-hydrogen) atoms. The standard InChI is InChI=1S/C15H17N5O4S3/c1-3-20-10-14(11(2)17-20)27(23,24)18-12-4-6-13(7-5-12)26(21,22)19-15-16-8-9-25-15/h4-10,18H,3H2,1-2H3,(H,16,19). The van der Waals surface area contributed by atoms with Crippen LogP contribution in [0.5, 0.6) is 0 Å². The lowest BCUT2D eigenvalue weighted by atomic mass is 10.3. The van der Waals surface area contributed by atoms with Crippen molar-refractivity contribution in [1.82, 2.24) is 14.8 Å². The van der Waals surface area contributed by atoms with E-state index in [2.05, 4.69) is 19.5 Å². The van der Waals surface area contributed by atoms with Gasteiger partial charge in [-0.2, -0.15) is 5.10 Å². The van der Waals surface area contributed by atoms with Crippen molar-refractivity contribution < 1.29 is 16.8 Å². The number of hydrogen-bond donors (Lipinski definition) is 2. The van der Waals surface area contributed by atoms with Crippen molar-refractivity contribution in [1.29, 1.82) is 0 Å². The predicted octanol–water partition coefficient (Wildman–Crippen LogP) is 2.27. The van der Waals surface area contributed by atoms with E-state index in [1.165, 1.54) is 41.3 Å². The van der Waals surface area contributed by atoms with Crippen LogP contribution in [0.4, 0.5) is 10.8 Å². The summed E-state index contributed by atoms with van der Waals surface area (Å²) in [5, 5.41) is 6.03. The van der Waals surface area contributed by atoms with Crippen LogP contribution in [-0.4, -0.2) is 31.6 Å². The second kappa shape index (κ2) is 7.29. The first-order chi connectivity index (χ1) is 12.7. The van der Waals surface area contributed by atoms with Gasteiger partial charge in [0.1, 0.15) is 4.90 Å². The summed E-state index contributed by atoms with van der Waals surface area (Å²) in [6, 6.07) is 5.40. The molecule has 2 aromatic heterocycles. The van der Waals surface area contributed by atoms with Gasteiger partial charge in [0, 0.05) is 30.0 Å². The summed E-state index contributed by atoms with van der Waals surface area (Å²) in [4.78, 5) is 3.94. The number of aromatic nitrogens is 3. The highest BCUT2D eigenvalue weighted by Crippen LogP contribution is 2.22. The number of rotatable bonds is 7. The Bertz CT molecular complexity index is 1130. The molecule has 0 amide bonds. The molecule has 144 valence electrons. The van der Waals surface area contributed by atoms with Gasteiger partial charge in [-0.05, 0) is 38.1 Å². The highest BCUT2D eigenvalue weighted by Gasteiger charge is 2.21. The third kappa shape index (κ3) is 4.28. The summed E-state index contributed by atoms with van der Waals surface area (Å²) in [6.45, 7) is 4.02. The minimum Gasteiger partial charge on any atom is -0.280 e. The molecule has 0 bridgehead atoms. The van der Waals surface area contributed by atoms with Gasteiger partial charge in [-0.15, -0.1) is 11.3 Å². The Morgan fingerprint density at radius 1 is 1.07 bits per heavy atom. The number of aryl methyl sites for hydroxylation is 2. The fourth-order valence-electron chi connectivity index (χ4n) is 2.29. The summed E-state index contributed by atoms with van der Waals surface area (Å²) < 4.78 is 56.0. The Kier molecular flexibility index (Phi) is 5.22. The molecule has 0 aliphatic carbocycles. The van der Waals surface area contributed by atoms with E-state index in [4.69, 9.17) is 0 Å². The maximum absolute atomic E-state index is 12.5. The maximum Gasteiger partial charge on any atom is 0.265 e. The van der Waals surface area contributed by atoms with Crippen molar-refractivity contribution in [3.05, 3.63) is 47.7 Å². The van der Waals surface area contributed by atoms with E-state index >= 15 is 0 Å². The van der Waals surface area contributed by atoms with Gasteiger partial charge in [-0.3, -0.25) is 14.1 Å². The van der Waals surface area contributed by atoms with Crippen molar-refractivity contribution in [2.45, 2.75) is 30.2 Å². The molecule has 0 aliphatic heterocycles. The second-order valence-corrected chi connectivity index (χ2v) is 9.73. The molecule has 0 fully saturated rings. The van der Waals surface area contributed by atoms with E-state index in [0.29, 0.717) is 12.2 Å². The molecule has 1 aromatic carbocycles. The number of hydrogen-bond acceptors (Lipinski definition) is 7. The zero-order valence-electron chi connectivity index (χ0n) is 14.4. The van der Waals surface area contributed by atoms with Gasteiger partial charge in [0.05, 0.1) is 10.6 Å². The van der Waals surface area contributed by atoms with Crippen molar-refractivity contribution in [3.63, 3.8) is 0 Å². The zero-order chi connectivity index (χ0) is 19.7. The Morgan fingerprint density at radius 2 is 1.78 bits per heavy atom. The normalized spacial score (nSPS) is 12.1. The van der Waals surface area contributed by atoms with Crippen LogP contribution >= 0.6 is 11.3 Å². The Balaban J connectivity index is 1.80. The number of benzene rings is 1. The quantitative estimate of drug-likeness (QED) is 0.596. The van der Waals surface area contributed by atoms with Gasteiger partial charge in [0.15, 0.2) is 5.13 Å². The molecule has 9 nitrogen and oxygen atoms in total. The summed E-state index contributed by atoms with van der Waals surface area (Å²) in [5.74, 6) is 0. The summed E-state index contributed by atoms with van der Waals surface area (Å²) >= 11 is 1.16. The fourth-order valence-corrected chi connectivity index (χ4v) is 5.32. The topological polar surface area (TPSA) is 123 Å². The Hall–Kier alpha value is -2.44. The molecule has 0 radical (unpaired) electrons. The molecule has 0 unspecified atom stereocenters. The number of thiazole rings is 1.